The van der Waals surface area contributed by atoms with E-state index < -0.39 is 0 Å². The standard InChI is InChI=1S/C12H16ClN3O2.ClH/c1-15(2)11(17)7-16(3)12(18)9-5-4-8(14)6-10(9)13;/h4-6H,7,14H2,1-3H3;1H. The minimum absolute atomic E-state index is 0. The zero-order chi connectivity index (χ0) is 13.9. The van der Waals surface area contributed by atoms with Gasteiger partial charge >= 0.3 is 0 Å². The lowest BCUT2D eigenvalue weighted by Crippen LogP contribution is -2.37. The Balaban J connectivity index is 0.00000324. The van der Waals surface area contributed by atoms with Crippen LogP contribution in [0, 0.1) is 0 Å². The molecule has 0 fully saturated rings. The Kier molecular flexibility index (Phi) is 6.65. The topological polar surface area (TPSA) is 66.6 Å². The summed E-state index contributed by atoms with van der Waals surface area (Å²) in [7, 11) is 4.82. The number of hydrogen-bond donors (Lipinski definition) is 1. The van der Waals surface area contributed by atoms with Gasteiger partial charge in [0.25, 0.3) is 5.91 Å². The molecule has 0 spiro atoms. The fraction of sp³-hybridized carbons (Fsp3) is 0.333. The van der Waals surface area contributed by atoms with Crippen LogP contribution >= 0.6 is 24.0 Å². The summed E-state index contributed by atoms with van der Waals surface area (Å²) in [6, 6.07) is 4.66. The van der Waals surface area contributed by atoms with Gasteiger partial charge in [-0.2, -0.15) is 0 Å². The molecule has 1 aromatic rings. The molecule has 19 heavy (non-hydrogen) atoms. The highest BCUT2D eigenvalue weighted by Gasteiger charge is 2.18. The molecule has 0 aliphatic rings. The fourth-order valence-corrected chi connectivity index (χ4v) is 1.60. The molecule has 0 aliphatic carbocycles. The van der Waals surface area contributed by atoms with Crippen molar-refractivity contribution in [3.8, 4) is 0 Å². The van der Waals surface area contributed by atoms with Gasteiger partial charge in [-0.1, -0.05) is 11.6 Å². The number of nitrogens with zero attached hydrogens (tertiary/aromatic N) is 2. The van der Waals surface area contributed by atoms with E-state index >= 15 is 0 Å². The summed E-state index contributed by atoms with van der Waals surface area (Å²) >= 11 is 5.94. The van der Waals surface area contributed by atoms with E-state index in [1.165, 1.54) is 15.9 Å². The van der Waals surface area contributed by atoms with Crippen molar-refractivity contribution < 1.29 is 9.59 Å². The molecule has 0 bridgehead atoms. The zero-order valence-corrected chi connectivity index (χ0v) is 12.6. The largest absolute Gasteiger partial charge is 0.399 e. The van der Waals surface area contributed by atoms with Crippen molar-refractivity contribution in [2.24, 2.45) is 0 Å². The molecular weight excluding hydrogens is 289 g/mol. The van der Waals surface area contributed by atoms with Crippen LogP contribution in [0.2, 0.25) is 5.02 Å². The number of halogens is 2. The molecule has 1 rings (SSSR count). The predicted molar refractivity (Wildman–Crippen MR) is 78.8 cm³/mol. The van der Waals surface area contributed by atoms with E-state index in [1.807, 2.05) is 0 Å². The number of rotatable bonds is 3. The van der Waals surface area contributed by atoms with Crippen LogP contribution < -0.4 is 5.73 Å². The van der Waals surface area contributed by atoms with Crippen molar-refractivity contribution in [2.45, 2.75) is 0 Å². The number of nitrogen functional groups attached to an aromatic ring is 1. The molecule has 2 amide bonds. The summed E-state index contributed by atoms with van der Waals surface area (Å²) in [5.41, 5.74) is 6.38. The summed E-state index contributed by atoms with van der Waals surface area (Å²) in [6.45, 7) is 0.00649. The van der Waals surface area contributed by atoms with Gasteiger partial charge in [0.1, 0.15) is 0 Å². The van der Waals surface area contributed by atoms with Crippen molar-refractivity contribution >= 4 is 41.5 Å². The summed E-state index contributed by atoms with van der Waals surface area (Å²) in [6.07, 6.45) is 0. The highest BCUT2D eigenvalue weighted by Crippen LogP contribution is 2.20. The van der Waals surface area contributed by atoms with Crippen LogP contribution in [-0.2, 0) is 4.79 Å². The number of amides is 2. The summed E-state index contributed by atoms with van der Waals surface area (Å²) < 4.78 is 0. The third kappa shape index (κ3) is 4.61. The van der Waals surface area contributed by atoms with Crippen molar-refractivity contribution in [3.05, 3.63) is 28.8 Å². The van der Waals surface area contributed by atoms with Crippen LogP contribution in [0.3, 0.4) is 0 Å². The Morgan fingerprint density at radius 3 is 2.32 bits per heavy atom. The quantitative estimate of drug-likeness (QED) is 0.861. The third-order valence-corrected chi connectivity index (χ3v) is 2.75. The molecule has 0 saturated carbocycles. The first-order valence-corrected chi connectivity index (χ1v) is 5.71. The molecule has 2 N–H and O–H groups in total. The van der Waals surface area contributed by atoms with Crippen LogP contribution in [0.1, 0.15) is 10.4 Å². The summed E-state index contributed by atoms with van der Waals surface area (Å²) in [5, 5.41) is 0.282. The number of anilines is 1. The van der Waals surface area contributed by atoms with Gasteiger partial charge in [0.05, 0.1) is 17.1 Å². The molecule has 0 saturated heterocycles. The van der Waals surface area contributed by atoms with E-state index in [4.69, 9.17) is 17.3 Å². The average Bonchev–Trinajstić information content (AvgIpc) is 2.27. The Morgan fingerprint density at radius 2 is 1.84 bits per heavy atom. The maximum atomic E-state index is 12.1. The average molecular weight is 306 g/mol. The second-order valence-corrected chi connectivity index (χ2v) is 4.60. The molecule has 0 aliphatic heterocycles. The van der Waals surface area contributed by atoms with Crippen molar-refractivity contribution in [2.75, 3.05) is 33.4 Å². The monoisotopic (exact) mass is 305 g/mol. The second-order valence-electron chi connectivity index (χ2n) is 4.19. The number of nitrogens with two attached hydrogens (primary N) is 1. The number of carbonyl (C=O) groups excluding carboxylic acids is 2. The van der Waals surface area contributed by atoms with E-state index in [1.54, 1.807) is 33.3 Å². The molecule has 0 radical (unpaired) electrons. The van der Waals surface area contributed by atoms with Gasteiger partial charge in [0.15, 0.2) is 0 Å². The second kappa shape index (κ2) is 7.21. The Morgan fingerprint density at radius 1 is 1.26 bits per heavy atom. The minimum Gasteiger partial charge on any atom is -0.399 e. The first-order chi connectivity index (χ1) is 8.32. The molecule has 5 nitrogen and oxygen atoms in total. The zero-order valence-electron chi connectivity index (χ0n) is 11.0. The van der Waals surface area contributed by atoms with Gasteiger partial charge in [-0.3, -0.25) is 9.59 Å². The van der Waals surface area contributed by atoms with E-state index in [2.05, 4.69) is 0 Å². The smallest absolute Gasteiger partial charge is 0.255 e. The van der Waals surface area contributed by atoms with Crippen molar-refractivity contribution in [1.29, 1.82) is 0 Å². The van der Waals surface area contributed by atoms with E-state index in [9.17, 15) is 9.59 Å². The van der Waals surface area contributed by atoms with Crippen LogP contribution in [0.5, 0.6) is 0 Å². The van der Waals surface area contributed by atoms with Crippen LogP contribution in [0.25, 0.3) is 0 Å². The van der Waals surface area contributed by atoms with E-state index in [0.29, 0.717) is 11.3 Å². The van der Waals surface area contributed by atoms with E-state index in [-0.39, 0.29) is 35.8 Å². The normalized spacial score (nSPS) is 9.47. The van der Waals surface area contributed by atoms with Gasteiger partial charge in [0, 0.05) is 26.8 Å². The van der Waals surface area contributed by atoms with Gasteiger partial charge in [-0.25, -0.2) is 0 Å². The van der Waals surface area contributed by atoms with Gasteiger partial charge in [-0.05, 0) is 18.2 Å². The fourth-order valence-electron chi connectivity index (χ4n) is 1.33. The highest BCUT2D eigenvalue weighted by molar-refractivity contribution is 6.34. The Labute approximate surface area is 123 Å². The number of hydrogen-bond acceptors (Lipinski definition) is 3. The lowest BCUT2D eigenvalue weighted by molar-refractivity contribution is -0.129. The number of likely N-dealkylation sites (N-methyl/N-ethyl adjacent to an activating group) is 2. The van der Waals surface area contributed by atoms with Crippen LogP contribution in [0.15, 0.2) is 18.2 Å². The summed E-state index contributed by atoms with van der Waals surface area (Å²) in [4.78, 5) is 26.3. The van der Waals surface area contributed by atoms with Crippen molar-refractivity contribution in [3.63, 3.8) is 0 Å². The van der Waals surface area contributed by atoms with Crippen molar-refractivity contribution in [1.82, 2.24) is 9.80 Å². The predicted octanol–water partition coefficient (Wildman–Crippen LogP) is 1.50. The molecule has 0 aromatic heterocycles. The van der Waals surface area contributed by atoms with Gasteiger partial charge < -0.3 is 15.5 Å². The number of benzene rings is 1. The molecule has 0 heterocycles. The molecule has 106 valence electrons. The minimum atomic E-state index is -0.310. The number of carbonyl (C=O) groups is 2. The lowest BCUT2D eigenvalue weighted by Gasteiger charge is -2.19. The lowest BCUT2D eigenvalue weighted by atomic mass is 10.2. The molecule has 1 aromatic carbocycles. The van der Waals surface area contributed by atoms with E-state index in [0.717, 1.165) is 0 Å². The maximum Gasteiger partial charge on any atom is 0.255 e. The van der Waals surface area contributed by atoms with Crippen LogP contribution in [-0.4, -0.2) is 49.3 Å². The SMILES string of the molecule is CN(C)C(=O)CN(C)C(=O)c1ccc(N)cc1Cl.Cl. The van der Waals surface area contributed by atoms with Crippen LogP contribution in [0.4, 0.5) is 5.69 Å². The molecule has 0 unspecified atom stereocenters. The first kappa shape index (κ1) is 17.5. The van der Waals surface area contributed by atoms with Gasteiger partial charge in [-0.15, -0.1) is 12.4 Å². The van der Waals surface area contributed by atoms with Gasteiger partial charge in [0.2, 0.25) is 5.91 Å². The molecule has 7 heteroatoms. The highest BCUT2D eigenvalue weighted by atomic mass is 35.5. The molecule has 0 atom stereocenters. The molecular formula is C12H17Cl2N3O2. The maximum absolute atomic E-state index is 12.1. The first-order valence-electron chi connectivity index (χ1n) is 5.33. The third-order valence-electron chi connectivity index (χ3n) is 2.44. The Hall–Kier alpha value is -1.46. The Bertz CT molecular complexity index is 478. The summed E-state index contributed by atoms with van der Waals surface area (Å²) in [5.74, 6) is -0.465.